The molecule has 0 unspecified atom stereocenters. The maximum atomic E-state index is 13.3. The number of carbonyl (C=O) groups excluding carboxylic acids is 1. The molecule has 2 aromatic carbocycles. The molecule has 1 aliphatic rings. The molecule has 32 heavy (non-hydrogen) atoms. The molecule has 0 saturated heterocycles. The Labute approximate surface area is 185 Å². The third kappa shape index (κ3) is 4.25. The van der Waals surface area contributed by atoms with E-state index in [0.717, 1.165) is 0 Å². The number of imidazole rings is 1. The van der Waals surface area contributed by atoms with Gasteiger partial charge in [-0.25, -0.2) is 13.4 Å². The van der Waals surface area contributed by atoms with Crippen LogP contribution in [0.4, 0.5) is 5.69 Å². The van der Waals surface area contributed by atoms with Crippen LogP contribution < -0.4 is 24.2 Å². The number of benzene rings is 2. The van der Waals surface area contributed by atoms with Gasteiger partial charge in [0.05, 0.1) is 24.8 Å². The van der Waals surface area contributed by atoms with Gasteiger partial charge in [-0.3, -0.25) is 4.79 Å². The highest BCUT2D eigenvalue weighted by atomic mass is 32.2. The van der Waals surface area contributed by atoms with E-state index in [2.05, 4.69) is 15.0 Å². The van der Waals surface area contributed by atoms with Gasteiger partial charge in [-0.2, -0.15) is 4.72 Å². The second-order valence-corrected chi connectivity index (χ2v) is 8.81. The molecule has 3 aromatic rings. The number of methoxy groups -OCH3 is 2. The van der Waals surface area contributed by atoms with Gasteiger partial charge in [0.2, 0.25) is 10.0 Å². The monoisotopic (exact) mass is 458 g/mol. The summed E-state index contributed by atoms with van der Waals surface area (Å²) in [6.07, 6.45) is 3.31. The van der Waals surface area contributed by atoms with Crippen molar-refractivity contribution in [2.45, 2.75) is 10.9 Å². The van der Waals surface area contributed by atoms with Crippen LogP contribution in [0, 0.1) is 0 Å². The van der Waals surface area contributed by atoms with E-state index in [0.29, 0.717) is 34.3 Å². The second-order valence-electron chi connectivity index (χ2n) is 7.09. The zero-order valence-corrected chi connectivity index (χ0v) is 18.5. The molecular weight excluding hydrogens is 436 g/mol. The van der Waals surface area contributed by atoms with Crippen molar-refractivity contribution in [3.63, 3.8) is 0 Å². The molecule has 0 fully saturated rings. The maximum Gasteiger partial charge on any atom is 0.262 e. The average molecular weight is 458 g/mol. The van der Waals surface area contributed by atoms with Crippen LogP contribution in [-0.2, 0) is 21.9 Å². The summed E-state index contributed by atoms with van der Waals surface area (Å²) in [5, 5.41) is 2.62. The smallest absolute Gasteiger partial charge is 0.262 e. The van der Waals surface area contributed by atoms with Crippen molar-refractivity contribution in [1.82, 2.24) is 14.3 Å². The Morgan fingerprint density at radius 1 is 1.16 bits per heavy atom. The topological polar surface area (TPSA) is 121 Å². The first kappa shape index (κ1) is 21.7. The molecule has 0 aliphatic carbocycles. The van der Waals surface area contributed by atoms with Crippen LogP contribution in [0.25, 0.3) is 0 Å². The van der Waals surface area contributed by atoms with E-state index in [1.165, 1.54) is 32.4 Å². The predicted molar refractivity (Wildman–Crippen MR) is 115 cm³/mol. The number of hydrogen-bond acceptors (Lipinski definition) is 7. The number of ether oxygens (including phenoxy) is 3. The molecule has 0 spiro atoms. The zero-order chi connectivity index (χ0) is 22.9. The number of aryl methyl sites for hydroxylation is 1. The normalized spacial score (nSPS) is 14.2. The number of aromatic nitrogens is 2. The van der Waals surface area contributed by atoms with Crippen molar-refractivity contribution in [1.29, 1.82) is 0 Å². The van der Waals surface area contributed by atoms with Crippen LogP contribution >= 0.6 is 0 Å². The van der Waals surface area contributed by atoms with Gasteiger partial charge in [-0.15, -0.1) is 0 Å². The molecule has 11 heteroatoms. The molecule has 1 amide bonds. The lowest BCUT2D eigenvalue weighted by Crippen LogP contribution is -2.31. The molecule has 1 aliphatic heterocycles. The van der Waals surface area contributed by atoms with Crippen LogP contribution in [0.1, 0.15) is 17.4 Å². The maximum absolute atomic E-state index is 13.3. The van der Waals surface area contributed by atoms with Gasteiger partial charge in [0, 0.05) is 25.5 Å². The molecule has 0 radical (unpaired) electrons. The standard InChI is InChI=1S/C21H22N4O6S/c1-25-7-6-22-21(25)20(13-8-14(29-2)10-15(9-13)30-3)24-32(27,28)16-4-5-18-17(11-16)23-19(26)12-31-18/h4-11,20,24H,12H2,1-3H3,(H,23,26)/t20-/m1/s1. The Bertz CT molecular complexity index is 1250. The minimum atomic E-state index is -4.03. The predicted octanol–water partition coefficient (Wildman–Crippen LogP) is 1.84. The van der Waals surface area contributed by atoms with Gasteiger partial charge >= 0.3 is 0 Å². The lowest BCUT2D eigenvalue weighted by Gasteiger charge is -2.22. The number of hydrogen-bond donors (Lipinski definition) is 2. The van der Waals surface area contributed by atoms with Crippen molar-refractivity contribution in [2.24, 2.45) is 7.05 Å². The van der Waals surface area contributed by atoms with Crippen molar-refractivity contribution < 1.29 is 27.4 Å². The van der Waals surface area contributed by atoms with E-state index in [1.54, 1.807) is 42.2 Å². The molecule has 0 saturated carbocycles. The van der Waals surface area contributed by atoms with E-state index in [-0.39, 0.29) is 17.4 Å². The molecule has 1 atom stereocenters. The molecule has 168 valence electrons. The van der Waals surface area contributed by atoms with Crippen LogP contribution in [0.15, 0.2) is 53.7 Å². The van der Waals surface area contributed by atoms with Crippen molar-refractivity contribution in [3.8, 4) is 17.2 Å². The Kier molecular flexibility index (Phi) is 5.76. The third-order valence-corrected chi connectivity index (χ3v) is 6.41. The van der Waals surface area contributed by atoms with Gasteiger partial charge in [-0.1, -0.05) is 0 Å². The van der Waals surface area contributed by atoms with Crippen LogP contribution in [0.3, 0.4) is 0 Å². The summed E-state index contributed by atoms with van der Waals surface area (Å²) in [4.78, 5) is 15.9. The summed E-state index contributed by atoms with van der Waals surface area (Å²) in [7, 11) is 0.770. The minimum Gasteiger partial charge on any atom is -0.497 e. The third-order valence-electron chi connectivity index (χ3n) is 4.99. The molecule has 1 aromatic heterocycles. The van der Waals surface area contributed by atoms with Crippen molar-refractivity contribution in [3.05, 3.63) is 60.2 Å². The van der Waals surface area contributed by atoms with Crippen molar-refractivity contribution >= 4 is 21.6 Å². The Morgan fingerprint density at radius 3 is 2.50 bits per heavy atom. The molecular formula is C21H22N4O6S. The summed E-state index contributed by atoms with van der Waals surface area (Å²) in [5.41, 5.74) is 0.870. The van der Waals surface area contributed by atoms with E-state index in [9.17, 15) is 13.2 Å². The lowest BCUT2D eigenvalue weighted by molar-refractivity contribution is -0.118. The summed E-state index contributed by atoms with van der Waals surface area (Å²) in [6, 6.07) is 8.56. The first-order valence-corrected chi connectivity index (χ1v) is 11.1. The summed E-state index contributed by atoms with van der Waals surface area (Å²) >= 11 is 0. The first-order chi connectivity index (χ1) is 15.3. The van der Waals surface area contributed by atoms with Gasteiger partial charge in [-0.05, 0) is 35.9 Å². The summed E-state index contributed by atoms with van der Waals surface area (Å²) in [6.45, 7) is -0.115. The van der Waals surface area contributed by atoms with E-state index < -0.39 is 16.1 Å². The number of sulfonamides is 1. The van der Waals surface area contributed by atoms with Crippen LogP contribution in [0.5, 0.6) is 17.2 Å². The lowest BCUT2D eigenvalue weighted by atomic mass is 10.1. The average Bonchev–Trinajstić information content (AvgIpc) is 3.22. The molecule has 0 bridgehead atoms. The van der Waals surface area contributed by atoms with E-state index in [4.69, 9.17) is 14.2 Å². The van der Waals surface area contributed by atoms with Gasteiger partial charge in [0.25, 0.3) is 5.91 Å². The fourth-order valence-corrected chi connectivity index (χ4v) is 4.58. The number of rotatable bonds is 7. The fourth-order valence-electron chi connectivity index (χ4n) is 3.37. The number of carbonyl (C=O) groups is 1. The largest absolute Gasteiger partial charge is 0.497 e. The molecule has 10 nitrogen and oxygen atoms in total. The quantitative estimate of drug-likeness (QED) is 0.554. The molecule has 2 heterocycles. The Morgan fingerprint density at radius 2 is 1.88 bits per heavy atom. The minimum absolute atomic E-state index is 0.0314. The van der Waals surface area contributed by atoms with Gasteiger partial charge < -0.3 is 24.1 Å². The van der Waals surface area contributed by atoms with E-state index >= 15 is 0 Å². The van der Waals surface area contributed by atoms with Crippen LogP contribution in [0.2, 0.25) is 0 Å². The van der Waals surface area contributed by atoms with Crippen LogP contribution in [-0.4, -0.2) is 44.7 Å². The second kappa shape index (κ2) is 8.52. The number of nitrogens with zero attached hydrogens (tertiary/aromatic N) is 2. The van der Waals surface area contributed by atoms with Crippen molar-refractivity contribution in [2.75, 3.05) is 26.1 Å². The van der Waals surface area contributed by atoms with E-state index in [1.807, 2.05) is 0 Å². The Hall–Kier alpha value is -3.57. The fraction of sp³-hybridized carbons (Fsp3) is 0.238. The highest BCUT2D eigenvalue weighted by Crippen LogP contribution is 2.33. The summed E-state index contributed by atoms with van der Waals surface area (Å²) < 4.78 is 47.1. The first-order valence-electron chi connectivity index (χ1n) is 9.60. The van der Waals surface area contributed by atoms with Gasteiger partial charge in [0.1, 0.15) is 29.1 Å². The Balaban J connectivity index is 1.76. The molecule has 2 N–H and O–H groups in total. The number of nitrogens with one attached hydrogen (secondary N) is 2. The molecule has 4 rings (SSSR count). The number of amides is 1. The number of fused-ring (bicyclic) bond motifs is 1. The number of anilines is 1. The summed E-state index contributed by atoms with van der Waals surface area (Å²) in [5.74, 6) is 1.53. The SMILES string of the molecule is COc1cc(OC)cc([C@@H](NS(=O)(=O)c2ccc3c(c2)NC(=O)CO3)c2nccn2C)c1. The highest BCUT2D eigenvalue weighted by molar-refractivity contribution is 7.89. The highest BCUT2D eigenvalue weighted by Gasteiger charge is 2.28. The zero-order valence-electron chi connectivity index (χ0n) is 17.7. The van der Waals surface area contributed by atoms with Gasteiger partial charge in [0.15, 0.2) is 6.61 Å².